The molecule has 1 aromatic rings. The van der Waals surface area contributed by atoms with Gasteiger partial charge in [-0.05, 0) is 11.0 Å². The zero-order valence-electron chi connectivity index (χ0n) is 10.5. The van der Waals surface area contributed by atoms with Crippen LogP contribution in [0.15, 0.2) is 24.3 Å². The minimum absolute atomic E-state index is 0. The highest BCUT2D eigenvalue weighted by atomic mass is 79.9. The van der Waals surface area contributed by atoms with Crippen LogP contribution >= 0.6 is 17.0 Å². The monoisotopic (exact) mass is 296 g/mol. The largest absolute Gasteiger partial charge is 0.402 e. The van der Waals surface area contributed by atoms with Gasteiger partial charge in [0.05, 0.1) is 0 Å². The molecule has 0 nitrogen and oxygen atoms in total. The van der Waals surface area contributed by atoms with Gasteiger partial charge in [0, 0.05) is 0 Å². The summed E-state index contributed by atoms with van der Waals surface area (Å²) in [6, 6.07) is 9.27. The third-order valence-electron chi connectivity index (χ3n) is 2.44. The van der Waals surface area contributed by atoms with Gasteiger partial charge < -0.3 is 0 Å². The van der Waals surface area contributed by atoms with Gasteiger partial charge in [-0.2, -0.15) is 3.69 Å². The summed E-state index contributed by atoms with van der Waals surface area (Å²) in [7, 11) is 0. The Hall–Kier alpha value is 0.683. The molecule has 0 aliphatic rings. The number of hydrogen-bond acceptors (Lipinski definition) is 0. The van der Waals surface area contributed by atoms with Crippen molar-refractivity contribution >= 4 is 46.7 Å². The van der Waals surface area contributed by atoms with Crippen molar-refractivity contribution in [3.63, 3.8) is 0 Å². The van der Waals surface area contributed by atoms with Gasteiger partial charge in [-0.25, -0.2) is 0 Å². The fourth-order valence-corrected chi connectivity index (χ4v) is 6.78. The Morgan fingerprint density at radius 3 is 2.20 bits per heavy atom. The van der Waals surface area contributed by atoms with E-state index in [4.69, 9.17) is 0 Å². The molecule has 3 heteroatoms. The van der Waals surface area contributed by atoms with Crippen molar-refractivity contribution in [1.29, 1.82) is 0 Å². The molecule has 0 saturated carbocycles. The zero-order valence-corrected chi connectivity index (χ0v) is 14.8. The maximum atomic E-state index is 2.47. The highest BCUT2D eigenvalue weighted by molar-refractivity contribution is 8.93. The molecule has 1 rings (SSSR count). The van der Waals surface area contributed by atoms with Gasteiger partial charge in [0.25, 0.3) is 0 Å². The van der Waals surface area contributed by atoms with Gasteiger partial charge in [-0.1, -0.05) is 64.6 Å². The fraction of sp³-hybridized carbons (Fsp3) is 0.500. The minimum Gasteiger partial charge on any atom is -0.178 e. The van der Waals surface area contributed by atoms with E-state index < -0.39 is 0 Å². The van der Waals surface area contributed by atoms with Crippen LogP contribution in [0.4, 0.5) is 0 Å². The quantitative estimate of drug-likeness (QED) is 0.736. The molecule has 0 unspecified atom stereocenters. The Bertz CT molecular complexity index is 305. The molecule has 0 saturated heterocycles. The summed E-state index contributed by atoms with van der Waals surface area (Å²) in [6.07, 6.45) is -0.333. The van der Waals surface area contributed by atoms with Crippen LogP contribution in [0.5, 0.6) is 0 Å². The van der Waals surface area contributed by atoms with Crippen LogP contribution in [0.3, 0.4) is 0 Å². The van der Waals surface area contributed by atoms with E-state index in [1.807, 2.05) is 0 Å². The third kappa shape index (κ3) is 5.52. The number of benzene rings is 1. The van der Waals surface area contributed by atoms with Crippen molar-refractivity contribution in [2.45, 2.75) is 39.3 Å². The van der Waals surface area contributed by atoms with Crippen molar-refractivity contribution in [3.8, 4) is 0 Å². The molecule has 0 aromatic heterocycles. The third-order valence-corrected chi connectivity index (χ3v) is 8.03. The Morgan fingerprint density at radius 2 is 1.73 bits per heavy atom. The van der Waals surface area contributed by atoms with E-state index in [1.165, 1.54) is 5.56 Å². The van der Waals surface area contributed by atoms with Crippen LogP contribution in [0.25, 0.3) is 0 Å². The SMILES string of the molecule is Br.C[SiH](C)[Mg][c]1cccc(C(C)(C)C)c1. The van der Waals surface area contributed by atoms with Crippen LogP contribution in [0, 0.1) is 0 Å². The standard InChI is InChI=1S/C10H13.C2H7Si.BrH.Mg/c1-10(2,3)9-7-5-4-6-8-9;1-3-2;;/h4-5,7-8H,1-3H3;3H,1-2H3;1H;. The molecule has 0 spiro atoms. The van der Waals surface area contributed by atoms with E-state index in [0.29, 0.717) is 5.41 Å². The molecule has 0 radical (unpaired) electrons. The van der Waals surface area contributed by atoms with E-state index in [1.54, 1.807) is 3.69 Å². The predicted molar refractivity (Wildman–Crippen MR) is 79.7 cm³/mol. The van der Waals surface area contributed by atoms with Crippen LogP contribution in [-0.2, 0) is 5.41 Å². The number of halogens is 1. The lowest BCUT2D eigenvalue weighted by atomic mass is 9.87. The highest BCUT2D eigenvalue weighted by Crippen LogP contribution is 2.20. The van der Waals surface area contributed by atoms with Gasteiger partial charge in [-0.15, -0.1) is 17.0 Å². The summed E-state index contributed by atoms with van der Waals surface area (Å²) in [5.74, 6) is 0. The Morgan fingerprint density at radius 1 is 1.13 bits per heavy atom. The second-order valence-corrected chi connectivity index (χ2v) is 15.7. The van der Waals surface area contributed by atoms with Crippen molar-refractivity contribution < 1.29 is 0 Å². The maximum Gasteiger partial charge on any atom is 0.402 e. The molecule has 0 bridgehead atoms. The molecular formula is C12H21BrMgSi. The molecule has 0 atom stereocenters. The van der Waals surface area contributed by atoms with Crippen LogP contribution < -0.4 is 3.69 Å². The topological polar surface area (TPSA) is 0 Å². The second-order valence-electron chi connectivity index (χ2n) is 5.55. The Balaban J connectivity index is 0.00000196. The van der Waals surface area contributed by atoms with Gasteiger partial charge in [0.2, 0.25) is 0 Å². The van der Waals surface area contributed by atoms with E-state index in [9.17, 15) is 0 Å². The highest BCUT2D eigenvalue weighted by Gasteiger charge is 2.14. The molecule has 15 heavy (non-hydrogen) atoms. The zero-order chi connectivity index (χ0) is 10.8. The fourth-order valence-electron chi connectivity index (χ4n) is 1.64. The molecule has 0 amide bonds. The van der Waals surface area contributed by atoms with Crippen LogP contribution in [0.2, 0.25) is 13.1 Å². The lowest BCUT2D eigenvalue weighted by molar-refractivity contribution is 0.591. The summed E-state index contributed by atoms with van der Waals surface area (Å²) in [5.41, 5.74) is 1.81. The molecular weight excluding hydrogens is 276 g/mol. The molecule has 0 fully saturated rings. The Kier molecular flexibility index (Phi) is 6.72. The van der Waals surface area contributed by atoms with E-state index in [0.717, 1.165) is 0 Å². The second kappa shape index (κ2) is 6.43. The van der Waals surface area contributed by atoms with Gasteiger partial charge >= 0.3 is 19.6 Å². The summed E-state index contributed by atoms with van der Waals surface area (Å²) in [6.45, 7) is 11.8. The number of hydrogen-bond donors (Lipinski definition) is 0. The first-order valence-corrected chi connectivity index (χ1v) is 11.8. The molecule has 1 aromatic carbocycles. The average Bonchev–Trinajstić information content (AvgIpc) is 2.01. The Labute approximate surface area is 115 Å². The lowest BCUT2D eigenvalue weighted by Gasteiger charge is -2.20. The van der Waals surface area contributed by atoms with Crippen LogP contribution in [0.1, 0.15) is 26.3 Å². The van der Waals surface area contributed by atoms with Gasteiger partial charge in [0.1, 0.15) is 0 Å². The van der Waals surface area contributed by atoms with E-state index in [-0.39, 0.29) is 43.0 Å². The average molecular weight is 298 g/mol. The molecule has 0 aliphatic carbocycles. The smallest absolute Gasteiger partial charge is 0.178 e. The van der Waals surface area contributed by atoms with Gasteiger partial charge in [-0.3, -0.25) is 0 Å². The van der Waals surface area contributed by atoms with Crippen molar-refractivity contribution in [1.82, 2.24) is 0 Å². The first-order valence-electron chi connectivity index (χ1n) is 5.49. The summed E-state index contributed by atoms with van der Waals surface area (Å²) in [5, 5.41) is 0. The van der Waals surface area contributed by atoms with Crippen molar-refractivity contribution in [2.24, 2.45) is 0 Å². The normalized spacial score (nSPS) is 10.8. The first kappa shape index (κ1) is 15.7. The minimum atomic E-state index is -0.333. The van der Waals surface area contributed by atoms with Crippen molar-refractivity contribution in [3.05, 3.63) is 29.8 Å². The number of rotatable bonds is 2. The van der Waals surface area contributed by atoms with Crippen LogP contribution in [-0.4, -0.2) is 26.0 Å². The summed E-state index contributed by atoms with van der Waals surface area (Å²) < 4.78 is 1.67. The van der Waals surface area contributed by atoms with Crippen molar-refractivity contribution in [2.75, 3.05) is 0 Å². The summed E-state index contributed by atoms with van der Waals surface area (Å²) in [4.78, 5) is 0. The maximum absolute atomic E-state index is 2.47. The molecule has 82 valence electrons. The molecule has 0 N–H and O–H groups in total. The van der Waals surface area contributed by atoms with E-state index >= 15 is 0 Å². The molecule has 0 heterocycles. The van der Waals surface area contributed by atoms with Gasteiger partial charge in [0.15, 0.2) is 0 Å². The summed E-state index contributed by atoms with van der Waals surface area (Å²) >= 11 is 0.0829. The molecule has 0 aliphatic heterocycles. The first-order chi connectivity index (χ1) is 6.39. The predicted octanol–water partition coefficient (Wildman–Crippen LogP) is 2.87. The lowest BCUT2D eigenvalue weighted by Crippen LogP contribution is -2.28. The van der Waals surface area contributed by atoms with E-state index in [2.05, 4.69) is 58.1 Å².